The Hall–Kier alpha value is -1.20. The Kier molecular flexibility index (Phi) is 5.94. The zero-order chi connectivity index (χ0) is 15.2. The van der Waals surface area contributed by atoms with Crippen molar-refractivity contribution in [2.75, 3.05) is 31.6 Å². The van der Waals surface area contributed by atoms with Gasteiger partial charge in [0, 0.05) is 28.9 Å². The first-order valence-electron chi connectivity index (χ1n) is 7.51. The van der Waals surface area contributed by atoms with E-state index in [-0.39, 0.29) is 6.03 Å². The van der Waals surface area contributed by atoms with E-state index in [4.69, 9.17) is 4.74 Å². The van der Waals surface area contributed by atoms with Crippen LogP contribution < -0.4 is 5.32 Å². The largest absolute Gasteiger partial charge is 0.378 e. The lowest BCUT2D eigenvalue weighted by atomic mass is 10.2. The summed E-state index contributed by atoms with van der Waals surface area (Å²) < 4.78 is 5.26. The molecule has 0 aliphatic carbocycles. The lowest BCUT2D eigenvalue weighted by Crippen LogP contribution is -2.43. The number of rotatable bonds is 4. The molecular weight excluding hydrogens is 284 g/mol. The number of hydrogen-bond acceptors (Lipinski definition) is 3. The van der Waals surface area contributed by atoms with Crippen LogP contribution in [-0.2, 0) is 4.74 Å². The summed E-state index contributed by atoms with van der Waals surface area (Å²) in [5.74, 6) is 0. The molecule has 1 aliphatic heterocycles. The lowest BCUT2D eigenvalue weighted by molar-refractivity contribution is 0.0564. The number of morpholine rings is 1. The number of urea groups is 1. The average molecular weight is 308 g/mol. The highest BCUT2D eigenvalue weighted by Crippen LogP contribution is 2.28. The van der Waals surface area contributed by atoms with E-state index in [1.807, 2.05) is 24.8 Å². The molecule has 2 amide bonds. The molecule has 1 atom stereocenters. The molecular formula is C16H24N2O2S. The molecule has 0 aromatic heterocycles. The number of carbonyl (C=O) groups excluding carboxylic acids is 1. The van der Waals surface area contributed by atoms with Crippen molar-refractivity contribution in [3.63, 3.8) is 0 Å². The van der Waals surface area contributed by atoms with Gasteiger partial charge in [-0.1, -0.05) is 13.8 Å². The van der Waals surface area contributed by atoms with Crippen molar-refractivity contribution in [3.8, 4) is 0 Å². The first kappa shape index (κ1) is 16.2. The molecule has 1 heterocycles. The van der Waals surface area contributed by atoms with Crippen molar-refractivity contribution in [1.29, 1.82) is 0 Å². The number of ether oxygens (including phenoxy) is 1. The van der Waals surface area contributed by atoms with E-state index >= 15 is 0 Å². The maximum absolute atomic E-state index is 12.2. The third-order valence-electron chi connectivity index (χ3n) is 3.65. The number of nitrogens with one attached hydrogen (secondary N) is 1. The van der Waals surface area contributed by atoms with Gasteiger partial charge in [0.2, 0.25) is 0 Å². The van der Waals surface area contributed by atoms with Crippen molar-refractivity contribution in [2.24, 2.45) is 0 Å². The topological polar surface area (TPSA) is 41.6 Å². The molecule has 0 bridgehead atoms. The summed E-state index contributed by atoms with van der Waals surface area (Å²) in [6.07, 6.45) is 1.15. The van der Waals surface area contributed by atoms with E-state index in [0.29, 0.717) is 31.6 Å². The van der Waals surface area contributed by atoms with Gasteiger partial charge in [-0.15, -0.1) is 11.8 Å². The fraction of sp³-hybridized carbons (Fsp3) is 0.562. The fourth-order valence-electron chi connectivity index (χ4n) is 2.13. The van der Waals surface area contributed by atoms with Crippen LogP contribution in [0.25, 0.3) is 0 Å². The van der Waals surface area contributed by atoms with Crippen LogP contribution in [0, 0.1) is 6.92 Å². The molecule has 1 saturated heterocycles. The second-order valence-electron chi connectivity index (χ2n) is 5.34. The highest BCUT2D eigenvalue weighted by Gasteiger charge is 2.17. The van der Waals surface area contributed by atoms with Gasteiger partial charge in [-0.2, -0.15) is 0 Å². The molecule has 1 aromatic carbocycles. The predicted molar refractivity (Wildman–Crippen MR) is 88.2 cm³/mol. The van der Waals surface area contributed by atoms with Crippen molar-refractivity contribution < 1.29 is 9.53 Å². The first-order chi connectivity index (χ1) is 10.1. The zero-order valence-electron chi connectivity index (χ0n) is 13.0. The standard InChI is InChI=1S/C16H24N2O2S/c1-4-13(3)21-14-5-6-15(12(2)11-14)17-16(19)18-7-9-20-10-8-18/h5-6,11,13H,4,7-10H2,1-3H3,(H,17,19). The summed E-state index contributed by atoms with van der Waals surface area (Å²) in [7, 11) is 0. The molecule has 0 saturated carbocycles. The fourth-order valence-corrected chi connectivity index (χ4v) is 3.15. The highest BCUT2D eigenvalue weighted by atomic mass is 32.2. The molecule has 1 unspecified atom stereocenters. The number of nitrogens with zero attached hydrogens (tertiary/aromatic N) is 1. The third-order valence-corrected chi connectivity index (χ3v) is 4.91. The molecule has 1 aromatic rings. The van der Waals surface area contributed by atoms with Crippen molar-refractivity contribution in [3.05, 3.63) is 23.8 Å². The first-order valence-corrected chi connectivity index (χ1v) is 8.39. The zero-order valence-corrected chi connectivity index (χ0v) is 13.8. The minimum absolute atomic E-state index is 0.0382. The van der Waals surface area contributed by atoms with Crippen LogP contribution in [0.4, 0.5) is 10.5 Å². The second kappa shape index (κ2) is 7.71. The Bertz CT molecular complexity index is 487. The summed E-state index contributed by atoms with van der Waals surface area (Å²) in [6, 6.07) is 6.19. The van der Waals surface area contributed by atoms with Crippen LogP contribution in [0.3, 0.4) is 0 Å². The van der Waals surface area contributed by atoms with Gasteiger partial charge in [0.15, 0.2) is 0 Å². The van der Waals surface area contributed by atoms with Gasteiger partial charge in [-0.05, 0) is 37.1 Å². The van der Waals surface area contributed by atoms with Crippen molar-refractivity contribution in [1.82, 2.24) is 4.90 Å². The second-order valence-corrected chi connectivity index (χ2v) is 6.85. The van der Waals surface area contributed by atoms with Crippen LogP contribution in [0.5, 0.6) is 0 Å². The van der Waals surface area contributed by atoms with Gasteiger partial charge in [0.1, 0.15) is 0 Å². The predicted octanol–water partition coefficient (Wildman–Crippen LogP) is 3.75. The summed E-state index contributed by atoms with van der Waals surface area (Å²) in [4.78, 5) is 15.2. The lowest BCUT2D eigenvalue weighted by Gasteiger charge is -2.27. The molecule has 1 aliphatic rings. The summed E-state index contributed by atoms with van der Waals surface area (Å²) in [5.41, 5.74) is 1.99. The van der Waals surface area contributed by atoms with Gasteiger partial charge in [0.05, 0.1) is 13.2 Å². The van der Waals surface area contributed by atoms with Gasteiger partial charge in [0.25, 0.3) is 0 Å². The molecule has 4 nitrogen and oxygen atoms in total. The van der Waals surface area contributed by atoms with Gasteiger partial charge in [-0.25, -0.2) is 4.79 Å². The molecule has 0 radical (unpaired) electrons. The molecule has 5 heteroatoms. The number of anilines is 1. The quantitative estimate of drug-likeness (QED) is 0.861. The Balaban J connectivity index is 1.98. The van der Waals surface area contributed by atoms with Crippen LogP contribution >= 0.6 is 11.8 Å². The Labute approximate surface area is 131 Å². The maximum Gasteiger partial charge on any atom is 0.322 e. The minimum Gasteiger partial charge on any atom is -0.378 e. The summed E-state index contributed by atoms with van der Waals surface area (Å²) in [5, 5.41) is 3.61. The Morgan fingerprint density at radius 2 is 2.14 bits per heavy atom. The van der Waals surface area contributed by atoms with Gasteiger partial charge in [-0.3, -0.25) is 0 Å². The van der Waals surface area contributed by atoms with E-state index < -0.39 is 0 Å². The summed E-state index contributed by atoms with van der Waals surface area (Å²) in [6.45, 7) is 9.03. The number of amides is 2. The SMILES string of the molecule is CCC(C)Sc1ccc(NC(=O)N2CCOCC2)c(C)c1. The molecule has 2 rings (SSSR count). The third kappa shape index (κ3) is 4.64. The Morgan fingerprint density at radius 3 is 2.76 bits per heavy atom. The van der Waals surface area contributed by atoms with Crippen LogP contribution in [-0.4, -0.2) is 42.5 Å². The summed E-state index contributed by atoms with van der Waals surface area (Å²) >= 11 is 1.87. The highest BCUT2D eigenvalue weighted by molar-refractivity contribution is 7.99. The van der Waals surface area contributed by atoms with E-state index in [2.05, 4.69) is 31.3 Å². The number of carbonyl (C=O) groups is 1. The molecule has 0 spiro atoms. The van der Waals surface area contributed by atoms with E-state index in [0.717, 1.165) is 17.7 Å². The number of aryl methyl sites for hydroxylation is 1. The number of thioether (sulfide) groups is 1. The van der Waals surface area contributed by atoms with Crippen LogP contribution in [0.1, 0.15) is 25.8 Å². The number of hydrogen-bond donors (Lipinski definition) is 1. The van der Waals surface area contributed by atoms with Crippen LogP contribution in [0.15, 0.2) is 23.1 Å². The maximum atomic E-state index is 12.2. The normalized spacial score (nSPS) is 16.6. The molecule has 21 heavy (non-hydrogen) atoms. The monoisotopic (exact) mass is 308 g/mol. The molecule has 1 fully saturated rings. The van der Waals surface area contributed by atoms with E-state index in [9.17, 15) is 4.79 Å². The molecule has 116 valence electrons. The smallest absolute Gasteiger partial charge is 0.322 e. The van der Waals surface area contributed by atoms with E-state index in [1.54, 1.807) is 4.90 Å². The average Bonchev–Trinajstić information content (AvgIpc) is 2.50. The molecule has 1 N–H and O–H groups in total. The minimum atomic E-state index is -0.0382. The number of benzene rings is 1. The van der Waals surface area contributed by atoms with Crippen LogP contribution in [0.2, 0.25) is 0 Å². The van der Waals surface area contributed by atoms with E-state index in [1.165, 1.54) is 4.90 Å². The Morgan fingerprint density at radius 1 is 1.43 bits per heavy atom. The van der Waals surface area contributed by atoms with Gasteiger partial charge < -0.3 is 15.0 Å². The van der Waals surface area contributed by atoms with Gasteiger partial charge >= 0.3 is 6.03 Å². The van der Waals surface area contributed by atoms with Crippen molar-refractivity contribution in [2.45, 2.75) is 37.3 Å². The van der Waals surface area contributed by atoms with Crippen molar-refractivity contribution >= 4 is 23.5 Å².